The number of carbonyl (C=O) groups is 2. The van der Waals surface area contributed by atoms with E-state index in [9.17, 15) is 9.59 Å². The minimum Gasteiger partial charge on any atom is -0.496 e. The maximum atomic E-state index is 12.8. The average molecular weight is 438 g/mol. The van der Waals surface area contributed by atoms with Gasteiger partial charge < -0.3 is 14.2 Å². The number of benzene rings is 2. The standard InChI is InChI=1S/C19H13Cl2NO5S/c1-25-14-7-16-15(26-9-27-16)4-11(14)5-17-18(23)22(19(24)28-17)8-10-2-3-12(20)6-13(10)21/h2-7H,8-9H2,1H3/b17-5-. The molecule has 0 saturated carbocycles. The van der Waals surface area contributed by atoms with Gasteiger partial charge in [-0.05, 0) is 41.6 Å². The van der Waals surface area contributed by atoms with Gasteiger partial charge >= 0.3 is 0 Å². The number of rotatable bonds is 4. The zero-order valence-electron chi connectivity index (χ0n) is 14.5. The Labute approximate surface area is 174 Å². The topological polar surface area (TPSA) is 65.1 Å². The van der Waals surface area contributed by atoms with Gasteiger partial charge in [0.1, 0.15) is 5.75 Å². The fraction of sp³-hybridized carbons (Fsp3) is 0.158. The van der Waals surface area contributed by atoms with Gasteiger partial charge in [-0.25, -0.2) is 0 Å². The summed E-state index contributed by atoms with van der Waals surface area (Å²) in [5.41, 5.74) is 1.25. The Hall–Kier alpha value is -2.35. The quantitative estimate of drug-likeness (QED) is 0.629. The van der Waals surface area contributed by atoms with Gasteiger partial charge in [-0.15, -0.1) is 0 Å². The van der Waals surface area contributed by atoms with E-state index < -0.39 is 5.91 Å². The number of imide groups is 1. The molecule has 0 N–H and O–H groups in total. The van der Waals surface area contributed by atoms with Crippen LogP contribution in [0.5, 0.6) is 17.2 Å². The number of hydrogen-bond donors (Lipinski definition) is 0. The van der Waals surface area contributed by atoms with Gasteiger partial charge in [-0.3, -0.25) is 14.5 Å². The predicted octanol–water partition coefficient (Wildman–Crippen LogP) is 4.97. The van der Waals surface area contributed by atoms with Gasteiger partial charge in [0.25, 0.3) is 11.1 Å². The molecule has 4 rings (SSSR count). The lowest BCUT2D eigenvalue weighted by Crippen LogP contribution is -2.27. The predicted molar refractivity (Wildman–Crippen MR) is 107 cm³/mol. The lowest BCUT2D eigenvalue weighted by atomic mass is 10.1. The molecule has 2 aliphatic rings. The van der Waals surface area contributed by atoms with Crippen LogP contribution in [0.2, 0.25) is 10.0 Å². The van der Waals surface area contributed by atoms with Crippen LogP contribution in [0.1, 0.15) is 11.1 Å². The second kappa shape index (κ2) is 7.58. The maximum absolute atomic E-state index is 12.8. The molecule has 1 saturated heterocycles. The lowest BCUT2D eigenvalue weighted by Gasteiger charge is -2.13. The van der Waals surface area contributed by atoms with E-state index in [0.29, 0.717) is 38.4 Å². The van der Waals surface area contributed by atoms with Crippen molar-refractivity contribution >= 4 is 52.2 Å². The summed E-state index contributed by atoms with van der Waals surface area (Å²) in [4.78, 5) is 26.6. The van der Waals surface area contributed by atoms with E-state index in [1.165, 1.54) is 7.11 Å². The van der Waals surface area contributed by atoms with Crippen molar-refractivity contribution in [2.45, 2.75) is 6.54 Å². The highest BCUT2D eigenvalue weighted by Crippen LogP contribution is 2.41. The molecule has 2 aliphatic heterocycles. The van der Waals surface area contributed by atoms with E-state index in [4.69, 9.17) is 37.4 Å². The van der Waals surface area contributed by atoms with Gasteiger partial charge in [0.2, 0.25) is 6.79 Å². The van der Waals surface area contributed by atoms with Crippen molar-refractivity contribution in [1.29, 1.82) is 0 Å². The number of carbonyl (C=O) groups excluding carboxylic acids is 2. The normalized spacial score (nSPS) is 17.0. The van der Waals surface area contributed by atoms with E-state index in [1.54, 1.807) is 36.4 Å². The van der Waals surface area contributed by atoms with Crippen molar-refractivity contribution in [2.24, 2.45) is 0 Å². The molecule has 1 fully saturated rings. The number of hydrogen-bond acceptors (Lipinski definition) is 6. The zero-order chi connectivity index (χ0) is 19.8. The highest BCUT2D eigenvalue weighted by molar-refractivity contribution is 8.18. The summed E-state index contributed by atoms with van der Waals surface area (Å²) in [6, 6.07) is 8.33. The third-order valence-corrected chi connectivity index (χ3v) is 5.72. The molecule has 0 atom stereocenters. The van der Waals surface area contributed by atoms with Crippen LogP contribution in [0, 0.1) is 0 Å². The van der Waals surface area contributed by atoms with Crippen molar-refractivity contribution in [2.75, 3.05) is 13.9 Å². The summed E-state index contributed by atoms with van der Waals surface area (Å²) in [5, 5.41) is 0.507. The third-order valence-electron chi connectivity index (χ3n) is 4.23. The number of fused-ring (bicyclic) bond motifs is 1. The summed E-state index contributed by atoms with van der Waals surface area (Å²) in [7, 11) is 1.52. The second-order valence-corrected chi connectivity index (χ2v) is 7.79. The first-order valence-electron chi connectivity index (χ1n) is 8.13. The SMILES string of the molecule is COc1cc2c(cc1/C=C1\SC(=O)N(Cc3ccc(Cl)cc3Cl)C1=O)OCO2. The average Bonchev–Trinajstić information content (AvgIpc) is 3.22. The van der Waals surface area contributed by atoms with Crippen LogP contribution < -0.4 is 14.2 Å². The first-order valence-corrected chi connectivity index (χ1v) is 9.70. The molecule has 2 heterocycles. The number of ether oxygens (including phenoxy) is 3. The summed E-state index contributed by atoms with van der Waals surface area (Å²) in [6.07, 6.45) is 1.61. The number of thioether (sulfide) groups is 1. The van der Waals surface area contributed by atoms with Gasteiger partial charge in [0, 0.05) is 21.7 Å². The molecule has 0 radical (unpaired) electrons. The molecule has 0 unspecified atom stereocenters. The van der Waals surface area contributed by atoms with E-state index in [0.717, 1.165) is 16.7 Å². The fourth-order valence-corrected chi connectivity index (χ4v) is 4.12. The molecule has 0 aromatic heterocycles. The summed E-state index contributed by atoms with van der Waals surface area (Å²) < 4.78 is 16.1. The molecule has 0 aliphatic carbocycles. The largest absolute Gasteiger partial charge is 0.496 e. The van der Waals surface area contributed by atoms with Crippen LogP contribution in [-0.4, -0.2) is 29.9 Å². The number of methoxy groups -OCH3 is 1. The van der Waals surface area contributed by atoms with Gasteiger partial charge in [0.05, 0.1) is 18.6 Å². The summed E-state index contributed by atoms with van der Waals surface area (Å²) in [6.45, 7) is 0.191. The number of halogens is 2. The van der Waals surface area contributed by atoms with Crippen molar-refractivity contribution < 1.29 is 23.8 Å². The highest BCUT2D eigenvalue weighted by Gasteiger charge is 2.35. The molecule has 6 nitrogen and oxygen atoms in total. The van der Waals surface area contributed by atoms with Crippen molar-refractivity contribution in [3.63, 3.8) is 0 Å². The van der Waals surface area contributed by atoms with E-state index in [-0.39, 0.29) is 23.5 Å². The first-order chi connectivity index (χ1) is 13.5. The summed E-state index contributed by atoms with van der Waals surface area (Å²) in [5.74, 6) is 1.23. The van der Waals surface area contributed by atoms with Crippen LogP contribution in [0.3, 0.4) is 0 Å². The van der Waals surface area contributed by atoms with Gasteiger partial charge in [0.15, 0.2) is 11.5 Å². The molecule has 0 bridgehead atoms. The van der Waals surface area contributed by atoms with Crippen LogP contribution in [0.15, 0.2) is 35.2 Å². The minimum atomic E-state index is -0.402. The van der Waals surface area contributed by atoms with Crippen LogP contribution in [0.25, 0.3) is 6.08 Å². The Morgan fingerprint density at radius 1 is 1.18 bits per heavy atom. The molecular weight excluding hydrogens is 425 g/mol. The summed E-state index contributed by atoms with van der Waals surface area (Å²) >= 11 is 12.9. The number of amides is 2. The Balaban J connectivity index is 1.62. The molecular formula is C19H13Cl2NO5S. The highest BCUT2D eigenvalue weighted by atomic mass is 35.5. The Morgan fingerprint density at radius 2 is 1.93 bits per heavy atom. The Kier molecular flexibility index (Phi) is 5.14. The fourth-order valence-electron chi connectivity index (χ4n) is 2.83. The minimum absolute atomic E-state index is 0.0658. The molecule has 0 spiro atoms. The number of nitrogens with zero attached hydrogens (tertiary/aromatic N) is 1. The smallest absolute Gasteiger partial charge is 0.293 e. The zero-order valence-corrected chi connectivity index (χ0v) is 16.9. The van der Waals surface area contributed by atoms with Crippen molar-refractivity contribution in [1.82, 2.24) is 4.90 Å². The molecule has 2 amide bonds. The molecule has 2 aromatic rings. The molecule has 2 aromatic carbocycles. The monoisotopic (exact) mass is 437 g/mol. The van der Waals surface area contributed by atoms with Gasteiger partial charge in [-0.1, -0.05) is 29.3 Å². The molecule has 9 heteroatoms. The van der Waals surface area contributed by atoms with Crippen LogP contribution in [0.4, 0.5) is 4.79 Å². The second-order valence-electron chi connectivity index (χ2n) is 5.95. The van der Waals surface area contributed by atoms with E-state index >= 15 is 0 Å². The molecule has 28 heavy (non-hydrogen) atoms. The van der Waals surface area contributed by atoms with Crippen LogP contribution in [-0.2, 0) is 11.3 Å². The first kappa shape index (κ1) is 19.0. The lowest BCUT2D eigenvalue weighted by molar-refractivity contribution is -0.123. The van der Waals surface area contributed by atoms with Crippen molar-refractivity contribution in [3.8, 4) is 17.2 Å². The van der Waals surface area contributed by atoms with Crippen molar-refractivity contribution in [3.05, 3.63) is 56.4 Å². The van der Waals surface area contributed by atoms with Gasteiger partial charge in [-0.2, -0.15) is 0 Å². The maximum Gasteiger partial charge on any atom is 0.293 e. The van der Waals surface area contributed by atoms with E-state index in [1.807, 2.05) is 0 Å². The third kappa shape index (κ3) is 3.53. The van der Waals surface area contributed by atoms with Crippen LogP contribution >= 0.6 is 35.0 Å². The van der Waals surface area contributed by atoms with E-state index in [2.05, 4.69) is 0 Å². The molecule has 144 valence electrons. The Morgan fingerprint density at radius 3 is 2.64 bits per heavy atom. The Bertz CT molecular complexity index is 1020.